The lowest BCUT2D eigenvalue weighted by molar-refractivity contribution is 0.0503. The molecule has 2 aliphatic heterocycles. The van der Waals surface area contributed by atoms with Crippen molar-refractivity contribution in [2.24, 2.45) is 5.92 Å². The number of aliphatic hydroxyl groups excluding tert-OH is 1. The highest BCUT2D eigenvalue weighted by molar-refractivity contribution is 5.04. The molecular formula is C14H26N2O. The normalized spacial score (nSPS) is 42.9. The average molecular weight is 238 g/mol. The Kier molecular flexibility index (Phi) is 3.42. The van der Waals surface area contributed by atoms with Gasteiger partial charge in [-0.2, -0.15) is 0 Å². The Hall–Kier alpha value is -0.120. The average Bonchev–Trinajstić information content (AvgIpc) is 2.79. The van der Waals surface area contributed by atoms with Gasteiger partial charge in [-0.15, -0.1) is 0 Å². The van der Waals surface area contributed by atoms with Gasteiger partial charge in [0, 0.05) is 18.1 Å². The summed E-state index contributed by atoms with van der Waals surface area (Å²) in [6, 6.07) is 0.669. The van der Waals surface area contributed by atoms with Gasteiger partial charge in [-0.1, -0.05) is 19.3 Å². The maximum Gasteiger partial charge on any atom is 0.0617 e. The molecule has 3 aliphatic rings. The molecule has 3 rings (SSSR count). The van der Waals surface area contributed by atoms with Crippen LogP contribution in [0.2, 0.25) is 0 Å². The van der Waals surface area contributed by atoms with Crippen LogP contribution in [0.1, 0.15) is 44.9 Å². The summed E-state index contributed by atoms with van der Waals surface area (Å²) in [4.78, 5) is 2.56. The number of fused-ring (bicyclic) bond motifs is 2. The van der Waals surface area contributed by atoms with Gasteiger partial charge in [0.1, 0.15) is 0 Å². The first-order chi connectivity index (χ1) is 8.32. The zero-order valence-corrected chi connectivity index (χ0v) is 10.8. The second kappa shape index (κ2) is 4.87. The second-order valence-corrected chi connectivity index (χ2v) is 6.33. The molecule has 1 aliphatic carbocycles. The van der Waals surface area contributed by atoms with E-state index in [0.29, 0.717) is 18.6 Å². The van der Waals surface area contributed by atoms with Crippen LogP contribution in [0.15, 0.2) is 0 Å². The van der Waals surface area contributed by atoms with Crippen LogP contribution in [0.4, 0.5) is 0 Å². The Morgan fingerprint density at radius 1 is 1.12 bits per heavy atom. The maximum absolute atomic E-state index is 9.91. The summed E-state index contributed by atoms with van der Waals surface area (Å²) in [6.07, 6.45) is 9.20. The van der Waals surface area contributed by atoms with Gasteiger partial charge in [0.05, 0.1) is 6.61 Å². The summed E-state index contributed by atoms with van der Waals surface area (Å²) in [7, 11) is 0. The summed E-state index contributed by atoms with van der Waals surface area (Å²) in [5, 5.41) is 13.8. The quantitative estimate of drug-likeness (QED) is 0.779. The van der Waals surface area contributed by atoms with Gasteiger partial charge in [0.25, 0.3) is 0 Å². The molecule has 0 aromatic heterocycles. The van der Waals surface area contributed by atoms with E-state index < -0.39 is 0 Å². The first-order valence-electron chi connectivity index (χ1n) is 7.43. The summed E-state index contributed by atoms with van der Waals surface area (Å²) in [6.45, 7) is 3.97. The molecule has 2 saturated heterocycles. The molecule has 3 heteroatoms. The van der Waals surface area contributed by atoms with Gasteiger partial charge in [-0.3, -0.25) is 0 Å². The molecule has 3 atom stereocenters. The van der Waals surface area contributed by atoms with Gasteiger partial charge in [-0.05, 0) is 44.7 Å². The monoisotopic (exact) mass is 238 g/mol. The first kappa shape index (κ1) is 11.9. The van der Waals surface area contributed by atoms with Crippen molar-refractivity contribution < 1.29 is 5.11 Å². The van der Waals surface area contributed by atoms with Crippen LogP contribution in [0.3, 0.4) is 0 Å². The molecule has 98 valence electrons. The Morgan fingerprint density at radius 3 is 2.71 bits per heavy atom. The molecular weight excluding hydrogens is 212 g/mol. The number of nitrogens with one attached hydrogen (secondary N) is 1. The van der Waals surface area contributed by atoms with Crippen molar-refractivity contribution in [3.63, 3.8) is 0 Å². The van der Waals surface area contributed by atoms with Crippen LogP contribution in [0.25, 0.3) is 0 Å². The molecule has 2 bridgehead atoms. The lowest BCUT2D eigenvalue weighted by atomic mass is 9.78. The van der Waals surface area contributed by atoms with Crippen molar-refractivity contribution in [1.82, 2.24) is 10.2 Å². The van der Waals surface area contributed by atoms with Crippen molar-refractivity contribution >= 4 is 0 Å². The molecule has 2 heterocycles. The highest BCUT2D eigenvalue weighted by atomic mass is 16.3. The number of aliphatic hydroxyl groups is 1. The van der Waals surface area contributed by atoms with Crippen molar-refractivity contribution in [1.29, 1.82) is 0 Å². The Balaban J connectivity index is 1.68. The number of hydrogen-bond acceptors (Lipinski definition) is 3. The van der Waals surface area contributed by atoms with E-state index in [1.54, 1.807) is 0 Å². The minimum absolute atomic E-state index is 0.0506. The number of rotatable bonds is 3. The van der Waals surface area contributed by atoms with E-state index in [2.05, 4.69) is 10.2 Å². The van der Waals surface area contributed by atoms with E-state index in [1.165, 1.54) is 58.2 Å². The van der Waals surface area contributed by atoms with Crippen LogP contribution in [-0.4, -0.2) is 47.8 Å². The van der Waals surface area contributed by atoms with Crippen molar-refractivity contribution in [3.05, 3.63) is 0 Å². The third kappa shape index (κ3) is 2.25. The molecule has 2 N–H and O–H groups in total. The largest absolute Gasteiger partial charge is 0.394 e. The van der Waals surface area contributed by atoms with Crippen molar-refractivity contribution in [2.75, 3.05) is 26.2 Å². The highest BCUT2D eigenvalue weighted by Gasteiger charge is 2.46. The predicted molar refractivity (Wildman–Crippen MR) is 69.0 cm³/mol. The van der Waals surface area contributed by atoms with E-state index in [-0.39, 0.29) is 5.54 Å². The van der Waals surface area contributed by atoms with E-state index >= 15 is 0 Å². The second-order valence-electron chi connectivity index (χ2n) is 6.33. The van der Waals surface area contributed by atoms with E-state index in [1.807, 2.05) is 0 Å². The van der Waals surface area contributed by atoms with E-state index in [9.17, 15) is 5.11 Å². The minimum Gasteiger partial charge on any atom is -0.394 e. The van der Waals surface area contributed by atoms with Gasteiger partial charge in [-0.25, -0.2) is 0 Å². The molecule has 3 nitrogen and oxygen atoms in total. The number of hydrogen-bond donors (Lipinski definition) is 2. The molecule has 0 radical (unpaired) electrons. The zero-order valence-electron chi connectivity index (χ0n) is 10.8. The van der Waals surface area contributed by atoms with Crippen molar-refractivity contribution in [3.8, 4) is 0 Å². The fraction of sp³-hybridized carbons (Fsp3) is 1.00. The molecule has 3 unspecified atom stereocenters. The molecule has 17 heavy (non-hydrogen) atoms. The topological polar surface area (TPSA) is 35.5 Å². The van der Waals surface area contributed by atoms with Gasteiger partial charge in [0.15, 0.2) is 0 Å². The number of nitrogens with zero attached hydrogens (tertiary/aromatic N) is 1. The first-order valence-corrected chi connectivity index (χ1v) is 7.43. The third-order valence-electron chi connectivity index (χ3n) is 5.31. The van der Waals surface area contributed by atoms with Crippen molar-refractivity contribution in [2.45, 2.75) is 56.5 Å². The maximum atomic E-state index is 9.91. The Morgan fingerprint density at radius 2 is 1.94 bits per heavy atom. The lowest BCUT2D eigenvalue weighted by Crippen LogP contribution is -2.61. The Labute approximate surface area is 105 Å². The molecule has 0 amide bonds. The van der Waals surface area contributed by atoms with E-state index in [0.717, 1.165) is 6.42 Å². The standard InChI is InChI=1S/C14H26N2O/c17-11-14(15-13-4-2-1-3-5-13)7-9-16-8-6-12(14)10-16/h12-13,15,17H,1-11H2. The predicted octanol–water partition coefficient (Wildman–Crippen LogP) is 1.37. The highest BCUT2D eigenvalue weighted by Crippen LogP contribution is 2.36. The minimum atomic E-state index is 0.0506. The van der Waals surface area contributed by atoms with Crippen LogP contribution >= 0.6 is 0 Å². The van der Waals surface area contributed by atoms with Gasteiger partial charge in [0.2, 0.25) is 0 Å². The lowest BCUT2D eigenvalue weighted by Gasteiger charge is -2.45. The summed E-state index contributed by atoms with van der Waals surface area (Å²) in [5.74, 6) is 0.683. The van der Waals surface area contributed by atoms with Crippen LogP contribution in [-0.2, 0) is 0 Å². The number of piperidine rings is 1. The molecule has 0 aromatic carbocycles. The summed E-state index contributed by atoms with van der Waals surface area (Å²) in [5.41, 5.74) is 0.0506. The molecule has 0 spiro atoms. The fourth-order valence-electron chi connectivity index (χ4n) is 4.15. The van der Waals surface area contributed by atoms with E-state index in [4.69, 9.17) is 0 Å². The van der Waals surface area contributed by atoms with Crippen LogP contribution in [0, 0.1) is 5.92 Å². The zero-order chi connectivity index (χ0) is 11.7. The molecule has 0 aromatic rings. The molecule has 1 saturated carbocycles. The molecule has 3 fully saturated rings. The SMILES string of the molecule is OCC1(NC2CCCCC2)CCN2CCC1C2. The summed E-state index contributed by atoms with van der Waals surface area (Å²) >= 11 is 0. The van der Waals surface area contributed by atoms with Crippen LogP contribution in [0.5, 0.6) is 0 Å². The van der Waals surface area contributed by atoms with Gasteiger partial charge >= 0.3 is 0 Å². The third-order valence-corrected chi connectivity index (χ3v) is 5.31. The van der Waals surface area contributed by atoms with Crippen LogP contribution < -0.4 is 5.32 Å². The Bertz CT molecular complexity index is 265. The summed E-state index contributed by atoms with van der Waals surface area (Å²) < 4.78 is 0. The smallest absolute Gasteiger partial charge is 0.0617 e. The van der Waals surface area contributed by atoms with Gasteiger partial charge < -0.3 is 15.3 Å². The fourth-order valence-corrected chi connectivity index (χ4v) is 4.15.